The molecule has 0 amide bonds. The molecule has 1 rings (SSSR count). The van der Waals surface area contributed by atoms with Crippen molar-refractivity contribution in [1.82, 2.24) is 0 Å². The van der Waals surface area contributed by atoms with Crippen LogP contribution in [0, 0.1) is 0 Å². The number of aliphatic hydroxyl groups is 1. The third-order valence-electron chi connectivity index (χ3n) is 7.68. The highest BCUT2D eigenvalue weighted by atomic mass is 16.7. The van der Waals surface area contributed by atoms with Crippen LogP contribution in [0.1, 0.15) is 117 Å². The van der Waals surface area contributed by atoms with Crippen LogP contribution in [0.25, 0.3) is 20.9 Å². The van der Waals surface area contributed by atoms with Gasteiger partial charge in [0.25, 0.3) is 0 Å². The molecule has 1 fully saturated rings. The molecule has 0 aliphatic carbocycles. The Morgan fingerprint density at radius 1 is 0.762 bits per heavy atom. The van der Waals surface area contributed by atoms with Gasteiger partial charge in [0.05, 0.1) is 32.0 Å². The minimum atomic E-state index is -1.19. The van der Waals surface area contributed by atoms with E-state index in [0.29, 0.717) is 19.8 Å². The van der Waals surface area contributed by atoms with Crippen molar-refractivity contribution in [3.8, 4) is 0 Å². The molecule has 0 radical (unpaired) electrons. The van der Waals surface area contributed by atoms with E-state index in [4.69, 9.17) is 34.7 Å². The second kappa shape index (κ2) is 27.0. The average Bonchev–Trinajstić information content (AvgIpc) is 3.00. The van der Waals surface area contributed by atoms with Gasteiger partial charge in [-0.1, -0.05) is 114 Å². The van der Waals surface area contributed by atoms with Crippen LogP contribution < -0.4 is 0 Å². The number of methoxy groups -OCH3 is 1. The van der Waals surface area contributed by atoms with Gasteiger partial charge in [-0.05, 0) is 23.9 Å². The highest BCUT2D eigenvalue weighted by Crippen LogP contribution is 2.28. The lowest BCUT2D eigenvalue weighted by atomic mass is 9.97. The lowest BCUT2D eigenvalue weighted by molar-refractivity contribution is -0.271. The molecule has 1 aliphatic rings. The second-order valence-electron chi connectivity index (χ2n) is 11.2. The van der Waals surface area contributed by atoms with Gasteiger partial charge in [-0.15, -0.1) is 0 Å². The maximum Gasteiger partial charge on any atom is 0.169 e. The molecule has 0 aromatic rings. The van der Waals surface area contributed by atoms with Gasteiger partial charge >= 0.3 is 0 Å². The van der Waals surface area contributed by atoms with E-state index in [9.17, 15) is 5.11 Å². The molecule has 1 N–H and O–H groups in total. The van der Waals surface area contributed by atoms with Crippen molar-refractivity contribution in [2.24, 2.45) is 10.2 Å². The van der Waals surface area contributed by atoms with Crippen LogP contribution in [0.5, 0.6) is 0 Å². The van der Waals surface area contributed by atoms with Crippen molar-refractivity contribution < 1.29 is 28.8 Å². The molecule has 3 unspecified atom stereocenters. The number of aliphatic hydroxyl groups excluding tert-OH is 1. The fourth-order valence-electron chi connectivity index (χ4n) is 5.06. The topological polar surface area (TPSA) is 164 Å². The first kappa shape index (κ1) is 38.4. The van der Waals surface area contributed by atoms with Gasteiger partial charge in [-0.3, -0.25) is 0 Å². The van der Waals surface area contributed by atoms with Crippen LogP contribution in [-0.2, 0) is 23.7 Å². The first-order valence-electron chi connectivity index (χ1n) is 16.3. The molecule has 0 spiro atoms. The molecule has 1 saturated heterocycles. The zero-order valence-corrected chi connectivity index (χ0v) is 26.5. The van der Waals surface area contributed by atoms with Crippen LogP contribution >= 0.6 is 0 Å². The number of hydrogen-bond acceptors (Lipinski definition) is 8. The van der Waals surface area contributed by atoms with E-state index >= 15 is 0 Å². The highest BCUT2D eigenvalue weighted by Gasteiger charge is 2.46. The van der Waals surface area contributed by atoms with E-state index in [-0.39, 0.29) is 19.3 Å². The number of azide groups is 2. The summed E-state index contributed by atoms with van der Waals surface area (Å²) in [6.07, 6.45) is 15.9. The molecule has 12 heteroatoms. The molecule has 12 nitrogen and oxygen atoms in total. The minimum absolute atomic E-state index is 0.0524. The third-order valence-corrected chi connectivity index (χ3v) is 7.68. The zero-order chi connectivity index (χ0) is 30.7. The SMILES string of the molecule is CCCCCCCCCCCCCCCCOCC(CO[C@@H]1OC(CN=[N+]=[N-])[C@H](OCCCC)C(O)[C@@H]1N=[N+]=[N-])OC. The highest BCUT2D eigenvalue weighted by molar-refractivity contribution is 4.95. The lowest BCUT2D eigenvalue weighted by Crippen LogP contribution is -2.59. The van der Waals surface area contributed by atoms with Crippen molar-refractivity contribution in [1.29, 1.82) is 0 Å². The Morgan fingerprint density at radius 3 is 1.90 bits per heavy atom. The van der Waals surface area contributed by atoms with Gasteiger partial charge in [-0.2, -0.15) is 0 Å². The Hall–Kier alpha value is -1.62. The van der Waals surface area contributed by atoms with Gasteiger partial charge in [0.1, 0.15) is 18.2 Å². The largest absolute Gasteiger partial charge is 0.390 e. The minimum Gasteiger partial charge on any atom is -0.390 e. The van der Waals surface area contributed by atoms with Crippen molar-refractivity contribution in [3.63, 3.8) is 0 Å². The quantitative estimate of drug-likeness (QED) is 0.0418. The molecule has 1 heterocycles. The monoisotopic (exact) mass is 598 g/mol. The summed E-state index contributed by atoms with van der Waals surface area (Å²) in [6.45, 7) is 5.75. The van der Waals surface area contributed by atoms with Crippen molar-refractivity contribution >= 4 is 0 Å². The summed E-state index contributed by atoms with van der Waals surface area (Å²) in [5.74, 6) is 0. The maximum absolute atomic E-state index is 10.9. The molecule has 42 heavy (non-hydrogen) atoms. The summed E-state index contributed by atoms with van der Waals surface area (Å²) in [7, 11) is 1.58. The molecule has 0 bridgehead atoms. The van der Waals surface area contributed by atoms with E-state index in [2.05, 4.69) is 27.0 Å². The predicted molar refractivity (Wildman–Crippen MR) is 164 cm³/mol. The van der Waals surface area contributed by atoms with Gasteiger partial charge in [0.15, 0.2) is 6.29 Å². The Bertz CT molecular complexity index is 735. The molecular formula is C30H58N6O6. The van der Waals surface area contributed by atoms with E-state index in [1.54, 1.807) is 7.11 Å². The van der Waals surface area contributed by atoms with Crippen LogP contribution in [0.15, 0.2) is 10.2 Å². The normalized spacial score (nSPS) is 22.8. The first-order chi connectivity index (χ1) is 20.6. The number of unbranched alkanes of at least 4 members (excludes halogenated alkanes) is 14. The molecule has 1 aliphatic heterocycles. The second-order valence-corrected chi connectivity index (χ2v) is 11.2. The summed E-state index contributed by atoms with van der Waals surface area (Å²) >= 11 is 0. The zero-order valence-electron chi connectivity index (χ0n) is 26.5. The molecule has 6 atom stereocenters. The van der Waals surface area contributed by atoms with Crippen molar-refractivity contribution in [2.45, 2.75) is 153 Å². The van der Waals surface area contributed by atoms with Crippen molar-refractivity contribution in [3.05, 3.63) is 20.9 Å². The fourth-order valence-corrected chi connectivity index (χ4v) is 5.06. The van der Waals surface area contributed by atoms with E-state index in [1.807, 2.05) is 6.92 Å². The van der Waals surface area contributed by atoms with Crippen LogP contribution in [0.4, 0.5) is 0 Å². The molecule has 0 aromatic heterocycles. The molecular weight excluding hydrogens is 540 g/mol. The van der Waals surface area contributed by atoms with Crippen LogP contribution in [0.3, 0.4) is 0 Å². The van der Waals surface area contributed by atoms with E-state index in [1.165, 1.54) is 77.0 Å². The molecule has 0 aromatic carbocycles. The summed E-state index contributed by atoms with van der Waals surface area (Å²) in [5, 5.41) is 18.2. The third kappa shape index (κ3) is 17.5. The van der Waals surface area contributed by atoms with E-state index in [0.717, 1.165) is 25.7 Å². The maximum atomic E-state index is 10.9. The Morgan fingerprint density at radius 2 is 1.36 bits per heavy atom. The number of nitrogens with zero attached hydrogens (tertiary/aromatic N) is 6. The number of rotatable bonds is 28. The average molecular weight is 599 g/mol. The number of ether oxygens (including phenoxy) is 5. The standard InChI is InChI=1S/C30H58N6O6/c1-4-6-8-9-10-11-12-13-14-15-16-17-18-19-20-39-23-25(38-3)24-41-30-27(34-36-32)28(37)29(40-21-7-5-2)26(42-30)22-33-35-31/h25-30,37H,4-24H2,1-3H3/t25?,26?,27-,28?,29-,30+/m0/s1. The molecule has 244 valence electrons. The summed E-state index contributed by atoms with van der Waals surface area (Å²) < 4.78 is 29.0. The summed E-state index contributed by atoms with van der Waals surface area (Å²) in [6, 6.07) is -1.03. The van der Waals surface area contributed by atoms with Crippen molar-refractivity contribution in [2.75, 3.05) is 40.1 Å². The Labute approximate surface area is 253 Å². The smallest absolute Gasteiger partial charge is 0.169 e. The first-order valence-corrected chi connectivity index (χ1v) is 16.3. The number of hydrogen-bond donors (Lipinski definition) is 1. The van der Waals surface area contributed by atoms with Gasteiger partial charge in [0, 0.05) is 30.1 Å². The molecule has 0 saturated carbocycles. The van der Waals surface area contributed by atoms with Crippen LogP contribution in [-0.4, -0.2) is 81.9 Å². The predicted octanol–water partition coefficient (Wildman–Crippen LogP) is 7.78. The fraction of sp³-hybridized carbons (Fsp3) is 1.00. The Kier molecular flexibility index (Phi) is 24.7. The summed E-state index contributed by atoms with van der Waals surface area (Å²) in [4.78, 5) is 5.66. The van der Waals surface area contributed by atoms with Crippen LogP contribution in [0.2, 0.25) is 0 Å². The lowest BCUT2D eigenvalue weighted by Gasteiger charge is -2.42. The van der Waals surface area contributed by atoms with Gasteiger partial charge in [0.2, 0.25) is 0 Å². The van der Waals surface area contributed by atoms with E-state index < -0.39 is 30.6 Å². The van der Waals surface area contributed by atoms with Gasteiger partial charge < -0.3 is 28.8 Å². The van der Waals surface area contributed by atoms with Gasteiger partial charge in [-0.25, -0.2) is 0 Å². The Balaban J connectivity index is 2.29. The summed E-state index contributed by atoms with van der Waals surface area (Å²) in [5.41, 5.74) is 17.9.